The first-order valence-corrected chi connectivity index (χ1v) is 11.4. The first-order chi connectivity index (χ1) is 12.9. The van der Waals surface area contributed by atoms with E-state index in [0.29, 0.717) is 0 Å². The quantitative estimate of drug-likeness (QED) is 0.489. The van der Waals surface area contributed by atoms with Gasteiger partial charge >= 0.3 is 152 Å². The molecule has 0 atom stereocenters. The second kappa shape index (κ2) is 19.6. The standard InChI is InChI=1S/4C5H5.2CO.2ClH.2Ti/c4*1-2-4-5-3-1;2*1-2;;;;/h4*1-3H,4H2;;;2*1H;;. The minimum absolute atomic E-state index is 0. The Morgan fingerprint density at radius 3 is 0.857 bits per heavy atom. The molecule has 4 radical (unpaired) electrons. The van der Waals surface area contributed by atoms with Crippen LogP contribution < -0.4 is 0 Å². The molecule has 0 aromatic rings. The van der Waals surface area contributed by atoms with E-state index >= 15 is 0 Å². The van der Waals surface area contributed by atoms with Crippen LogP contribution in [0.2, 0.25) is 0 Å². The van der Waals surface area contributed by atoms with Crippen molar-refractivity contribution in [3.63, 3.8) is 0 Å². The maximum Gasteiger partial charge on any atom is 0.281 e. The van der Waals surface area contributed by atoms with Gasteiger partial charge in [-0.3, -0.25) is 9.59 Å². The van der Waals surface area contributed by atoms with Crippen LogP contribution in [0, 0.1) is 0 Å². The second-order valence-electron chi connectivity index (χ2n) is 5.55. The van der Waals surface area contributed by atoms with Crippen LogP contribution in [-0.4, -0.2) is 13.6 Å². The Balaban J connectivity index is 0. The van der Waals surface area contributed by atoms with E-state index in [1.807, 2.05) is 0 Å². The van der Waals surface area contributed by atoms with Gasteiger partial charge in [0.05, 0.1) is 0 Å². The zero-order valence-corrected chi connectivity index (χ0v) is 20.1. The van der Waals surface area contributed by atoms with E-state index in [1.165, 1.54) is 25.7 Å². The molecule has 0 unspecified atom stereocenters. The van der Waals surface area contributed by atoms with E-state index in [2.05, 4.69) is 86.5 Å². The Morgan fingerprint density at radius 2 is 0.714 bits per heavy atom. The van der Waals surface area contributed by atoms with Crippen LogP contribution >= 0.6 is 24.8 Å². The van der Waals surface area contributed by atoms with Crippen LogP contribution in [-0.2, 0) is 47.9 Å². The van der Waals surface area contributed by atoms with Crippen molar-refractivity contribution in [2.75, 3.05) is 0 Å². The summed E-state index contributed by atoms with van der Waals surface area (Å²) in [6.07, 6.45) is 31.8. The Bertz CT molecular complexity index is 583. The van der Waals surface area contributed by atoms with Gasteiger partial charge in [-0.25, -0.2) is 0 Å². The summed E-state index contributed by atoms with van der Waals surface area (Å²) in [5, 5.41) is 0. The molecule has 4 aliphatic rings. The van der Waals surface area contributed by atoms with Crippen LogP contribution in [0.1, 0.15) is 25.7 Å². The predicted octanol–water partition coefficient (Wildman–Crippen LogP) is 5.56. The monoisotopic (exact) mass is 484 g/mol. The van der Waals surface area contributed by atoms with Crippen molar-refractivity contribution in [2.24, 2.45) is 0 Å². The van der Waals surface area contributed by atoms with Crippen molar-refractivity contribution in [1.29, 1.82) is 0 Å². The normalized spacial score (nSPS) is 16.3. The van der Waals surface area contributed by atoms with E-state index in [-0.39, 0.29) is 63.1 Å². The summed E-state index contributed by atoms with van der Waals surface area (Å²) in [4.78, 5) is 15.0. The summed E-state index contributed by atoms with van der Waals surface area (Å²) in [5.74, 6) is 0. The van der Waals surface area contributed by atoms with Gasteiger partial charge in [-0.1, -0.05) is 0 Å². The molecule has 0 heterocycles. The summed E-state index contributed by atoms with van der Waals surface area (Å²) in [5.41, 5.74) is 0. The number of allylic oxidation sites excluding steroid dienone is 16. The van der Waals surface area contributed by atoms with E-state index in [9.17, 15) is 0 Å². The molecule has 0 saturated carbocycles. The van der Waals surface area contributed by atoms with Crippen LogP contribution in [0.5, 0.6) is 0 Å². The third-order valence-electron chi connectivity index (χ3n) is 3.73. The minimum Gasteiger partial charge on any atom is -0.281 e. The maximum atomic E-state index is 7.50. The van der Waals surface area contributed by atoms with E-state index in [1.54, 1.807) is 15.5 Å². The van der Waals surface area contributed by atoms with Crippen LogP contribution in [0.25, 0.3) is 0 Å². The molecule has 0 aliphatic heterocycles. The molecule has 0 bridgehead atoms. The molecule has 0 saturated heterocycles. The summed E-state index contributed by atoms with van der Waals surface area (Å²) >= 11 is 0.167. The fourth-order valence-corrected chi connectivity index (χ4v) is 6.36. The van der Waals surface area contributed by atoms with Crippen LogP contribution in [0.3, 0.4) is 0 Å². The van der Waals surface area contributed by atoms with Gasteiger partial charge < -0.3 is 0 Å². The summed E-state index contributed by atoms with van der Waals surface area (Å²) in [6, 6.07) is 0. The topological polar surface area (TPSA) is 34.1 Å². The molecular weight excluding hydrogens is 463 g/mol. The maximum absolute atomic E-state index is 7.50. The molecule has 144 valence electrons. The largest absolute Gasteiger partial charge is 0.281 e. The molecule has 0 N–H and O–H groups in total. The van der Waals surface area contributed by atoms with Gasteiger partial charge in [-0.15, -0.1) is 24.8 Å². The summed E-state index contributed by atoms with van der Waals surface area (Å²) in [6.45, 7) is 9.00. The number of hydrogen-bond acceptors (Lipinski definition) is 2. The average molecular weight is 485 g/mol. The first-order valence-electron chi connectivity index (χ1n) is 8.28. The summed E-state index contributed by atoms with van der Waals surface area (Å²) in [7, 11) is 0. The van der Waals surface area contributed by atoms with E-state index < -0.39 is 0 Å². The number of rotatable bonds is 4. The van der Waals surface area contributed by atoms with Crippen molar-refractivity contribution < 1.29 is 47.9 Å². The number of hydrogen-bond donors (Lipinski definition) is 0. The Labute approximate surface area is 199 Å². The molecule has 0 fully saturated rings. The molecule has 2 nitrogen and oxygen atoms in total. The third-order valence-corrected chi connectivity index (χ3v) is 8.05. The number of halogens is 2. The molecule has 4 aliphatic carbocycles. The van der Waals surface area contributed by atoms with Gasteiger partial charge in [-0.2, -0.15) is 0 Å². The molecule has 6 heteroatoms. The van der Waals surface area contributed by atoms with Crippen molar-refractivity contribution in [1.82, 2.24) is 0 Å². The van der Waals surface area contributed by atoms with Gasteiger partial charge in [0, 0.05) is 0 Å². The Morgan fingerprint density at radius 1 is 0.500 bits per heavy atom. The summed E-state index contributed by atoms with van der Waals surface area (Å²) < 4.78 is 6.72. The SMILES string of the molecule is C1=CC[C]([Ti][C]2=CC=CC2)=C1.C1=CC[C]([Ti][C]2=CC=CC2)=C1.Cl.Cl.[C]=O.[C]=O. The second-order valence-corrected chi connectivity index (χ2v) is 10.3. The molecule has 0 amide bonds. The Kier molecular flexibility index (Phi) is 20.6. The Hall–Kier alpha value is -0.731. The average Bonchev–Trinajstić information content (AvgIpc) is 3.50. The minimum atomic E-state index is 0. The van der Waals surface area contributed by atoms with Crippen LogP contribution in [0.4, 0.5) is 0 Å². The zero-order valence-electron chi connectivity index (χ0n) is 15.4. The zero-order chi connectivity index (χ0) is 19.0. The van der Waals surface area contributed by atoms with Crippen LogP contribution in [0.15, 0.2) is 88.4 Å². The molecule has 0 aromatic heterocycles. The van der Waals surface area contributed by atoms with Gasteiger partial charge in [0.15, 0.2) is 0 Å². The van der Waals surface area contributed by atoms with Crippen molar-refractivity contribution in [3.05, 3.63) is 88.4 Å². The molecule has 0 spiro atoms. The van der Waals surface area contributed by atoms with Crippen molar-refractivity contribution >= 4 is 38.4 Å². The first kappa shape index (κ1) is 29.5. The number of carbonyl (C=O) groups excluding carboxylic acids is 2. The van der Waals surface area contributed by atoms with Gasteiger partial charge in [0.25, 0.3) is 13.6 Å². The molecular formula is C22H22Cl2O2Ti2. The van der Waals surface area contributed by atoms with Gasteiger partial charge in [0.2, 0.25) is 0 Å². The molecule has 28 heavy (non-hydrogen) atoms. The smallest absolute Gasteiger partial charge is 0.281 e. The fourth-order valence-electron chi connectivity index (χ4n) is 2.57. The van der Waals surface area contributed by atoms with Gasteiger partial charge in [-0.05, 0) is 0 Å². The van der Waals surface area contributed by atoms with E-state index in [0.717, 1.165) is 0 Å². The predicted molar refractivity (Wildman–Crippen MR) is 113 cm³/mol. The fraction of sp³-hybridized carbons (Fsp3) is 0.182. The van der Waals surface area contributed by atoms with Gasteiger partial charge in [0.1, 0.15) is 0 Å². The van der Waals surface area contributed by atoms with Crippen molar-refractivity contribution in [2.45, 2.75) is 25.7 Å². The third kappa shape index (κ3) is 12.0. The van der Waals surface area contributed by atoms with Crippen molar-refractivity contribution in [3.8, 4) is 0 Å². The molecule has 4 rings (SSSR count). The molecule has 0 aromatic carbocycles. The van der Waals surface area contributed by atoms with E-state index in [4.69, 9.17) is 9.59 Å².